The Morgan fingerprint density at radius 2 is 2.33 bits per heavy atom. The summed E-state index contributed by atoms with van der Waals surface area (Å²) >= 11 is 1.90. The van der Waals surface area contributed by atoms with Crippen LogP contribution < -0.4 is 10.2 Å². The zero-order valence-electron chi connectivity index (χ0n) is 14.2. The number of morpholine rings is 1. The maximum atomic E-state index is 5.60. The van der Waals surface area contributed by atoms with Crippen molar-refractivity contribution in [1.29, 1.82) is 0 Å². The molecule has 2 aromatic heterocycles. The number of aryl methyl sites for hydroxylation is 1. The fraction of sp³-hybridized carbons (Fsp3) is 0.526. The van der Waals surface area contributed by atoms with E-state index in [4.69, 9.17) is 4.74 Å². The molecule has 1 saturated heterocycles. The summed E-state index contributed by atoms with van der Waals surface area (Å²) in [7, 11) is 0. The second kappa shape index (κ2) is 7.21. The summed E-state index contributed by atoms with van der Waals surface area (Å²) in [6.07, 6.45) is 6.07. The highest BCUT2D eigenvalue weighted by molar-refractivity contribution is 7.10. The van der Waals surface area contributed by atoms with Gasteiger partial charge in [0.15, 0.2) is 0 Å². The third-order valence-corrected chi connectivity index (χ3v) is 5.98. The third-order valence-electron chi connectivity index (χ3n) is 4.98. The second-order valence-corrected chi connectivity index (χ2v) is 7.78. The number of nitrogens with zero attached hydrogens (tertiary/aromatic N) is 2. The summed E-state index contributed by atoms with van der Waals surface area (Å²) in [5.41, 5.74) is 2.76. The van der Waals surface area contributed by atoms with Crippen molar-refractivity contribution in [1.82, 2.24) is 10.3 Å². The second-order valence-electron chi connectivity index (χ2n) is 6.78. The van der Waals surface area contributed by atoms with Gasteiger partial charge in [0.1, 0.15) is 5.82 Å². The molecule has 1 N–H and O–H groups in total. The van der Waals surface area contributed by atoms with Crippen molar-refractivity contribution in [2.24, 2.45) is 0 Å². The van der Waals surface area contributed by atoms with Gasteiger partial charge in [0, 0.05) is 36.8 Å². The van der Waals surface area contributed by atoms with Crippen molar-refractivity contribution in [3.8, 4) is 0 Å². The first kappa shape index (κ1) is 16.1. The van der Waals surface area contributed by atoms with Gasteiger partial charge < -0.3 is 15.0 Å². The molecule has 0 bridgehead atoms. The highest BCUT2D eigenvalue weighted by atomic mass is 32.1. The first-order valence-electron chi connectivity index (χ1n) is 8.91. The van der Waals surface area contributed by atoms with Crippen LogP contribution in [0.15, 0.2) is 29.8 Å². The molecule has 0 aromatic carbocycles. The summed E-state index contributed by atoms with van der Waals surface area (Å²) in [6.45, 7) is 5.64. The molecule has 1 aliphatic carbocycles. The zero-order chi connectivity index (χ0) is 16.4. The van der Waals surface area contributed by atoms with Crippen LogP contribution in [0.2, 0.25) is 0 Å². The number of thiophene rings is 1. The van der Waals surface area contributed by atoms with Gasteiger partial charge in [0.05, 0.1) is 12.7 Å². The van der Waals surface area contributed by atoms with Crippen LogP contribution in [0.4, 0.5) is 5.82 Å². The Morgan fingerprint density at radius 3 is 3.17 bits per heavy atom. The fourth-order valence-corrected chi connectivity index (χ4v) is 4.66. The van der Waals surface area contributed by atoms with E-state index in [-0.39, 0.29) is 6.10 Å². The number of nitrogens with one attached hydrogen (secondary N) is 1. The largest absolute Gasteiger partial charge is 0.375 e. The molecule has 128 valence electrons. The molecule has 1 aliphatic heterocycles. The lowest BCUT2D eigenvalue weighted by Gasteiger charge is -2.32. The lowest BCUT2D eigenvalue weighted by molar-refractivity contribution is 0.0529. The first-order chi connectivity index (χ1) is 11.8. The monoisotopic (exact) mass is 343 g/mol. The SMILES string of the molecule is C[C@H]1CN(c2ccc(CN[C@H]3CCCc4sccc43)cn2)CCO1. The van der Waals surface area contributed by atoms with Gasteiger partial charge in [-0.3, -0.25) is 0 Å². The highest BCUT2D eigenvalue weighted by Crippen LogP contribution is 2.33. The van der Waals surface area contributed by atoms with Crippen LogP contribution in [0.3, 0.4) is 0 Å². The van der Waals surface area contributed by atoms with Crippen molar-refractivity contribution < 1.29 is 4.74 Å². The number of hydrogen-bond acceptors (Lipinski definition) is 5. The Kier molecular flexibility index (Phi) is 4.83. The third kappa shape index (κ3) is 3.48. The van der Waals surface area contributed by atoms with E-state index >= 15 is 0 Å². The van der Waals surface area contributed by atoms with E-state index < -0.39 is 0 Å². The molecule has 0 unspecified atom stereocenters. The van der Waals surface area contributed by atoms with Crippen LogP contribution in [-0.2, 0) is 17.7 Å². The smallest absolute Gasteiger partial charge is 0.128 e. The van der Waals surface area contributed by atoms with Crippen molar-refractivity contribution in [3.05, 3.63) is 45.8 Å². The molecule has 4 rings (SSSR count). The minimum Gasteiger partial charge on any atom is -0.375 e. The van der Waals surface area contributed by atoms with E-state index in [9.17, 15) is 0 Å². The van der Waals surface area contributed by atoms with Gasteiger partial charge in [-0.2, -0.15) is 0 Å². The summed E-state index contributed by atoms with van der Waals surface area (Å²) in [5.74, 6) is 1.06. The van der Waals surface area contributed by atoms with Gasteiger partial charge in [-0.1, -0.05) is 6.07 Å². The molecule has 2 aromatic rings. The van der Waals surface area contributed by atoms with E-state index in [0.29, 0.717) is 6.04 Å². The maximum absolute atomic E-state index is 5.60. The molecular formula is C19H25N3OS. The molecule has 0 saturated carbocycles. The van der Waals surface area contributed by atoms with E-state index in [0.717, 1.165) is 32.1 Å². The fourth-order valence-electron chi connectivity index (χ4n) is 3.67. The van der Waals surface area contributed by atoms with Gasteiger partial charge in [0.2, 0.25) is 0 Å². The standard InChI is InChI=1S/C19H25N3OS/c1-14-13-22(8-9-23-14)19-6-5-15(12-21-19)11-20-17-3-2-4-18-16(17)7-10-24-18/h5-7,10,12,14,17,20H,2-4,8-9,11,13H2,1H3/t14-,17-/m0/s1. The normalized spacial score (nSPS) is 24.0. The number of rotatable bonds is 4. The lowest BCUT2D eigenvalue weighted by Crippen LogP contribution is -2.41. The van der Waals surface area contributed by atoms with Gasteiger partial charge in [-0.05, 0) is 54.8 Å². The minimum absolute atomic E-state index is 0.285. The molecule has 5 heteroatoms. The van der Waals surface area contributed by atoms with Crippen LogP contribution >= 0.6 is 11.3 Å². The minimum atomic E-state index is 0.285. The summed E-state index contributed by atoms with van der Waals surface area (Å²) < 4.78 is 5.60. The van der Waals surface area contributed by atoms with Crippen LogP contribution in [-0.4, -0.2) is 30.8 Å². The lowest BCUT2D eigenvalue weighted by atomic mass is 9.94. The van der Waals surface area contributed by atoms with E-state index in [1.54, 1.807) is 4.88 Å². The average Bonchev–Trinajstić information content (AvgIpc) is 3.10. The molecule has 2 aliphatic rings. The van der Waals surface area contributed by atoms with Gasteiger partial charge in [-0.15, -0.1) is 11.3 Å². The van der Waals surface area contributed by atoms with Crippen LogP contribution in [0, 0.1) is 0 Å². The van der Waals surface area contributed by atoms with Crippen molar-refractivity contribution in [3.63, 3.8) is 0 Å². The molecule has 4 nitrogen and oxygen atoms in total. The van der Waals surface area contributed by atoms with E-state index in [1.807, 2.05) is 17.5 Å². The molecule has 24 heavy (non-hydrogen) atoms. The van der Waals surface area contributed by atoms with Crippen LogP contribution in [0.25, 0.3) is 0 Å². The summed E-state index contributed by atoms with van der Waals surface area (Å²) in [5, 5.41) is 5.95. The van der Waals surface area contributed by atoms with Gasteiger partial charge >= 0.3 is 0 Å². The first-order valence-corrected chi connectivity index (χ1v) is 9.78. The molecule has 0 radical (unpaired) electrons. The van der Waals surface area contributed by atoms with Crippen LogP contribution in [0.1, 0.15) is 41.8 Å². The van der Waals surface area contributed by atoms with Crippen molar-refractivity contribution >= 4 is 17.2 Å². The Morgan fingerprint density at radius 1 is 1.38 bits per heavy atom. The number of pyridine rings is 1. The predicted molar refractivity (Wildman–Crippen MR) is 98.7 cm³/mol. The highest BCUT2D eigenvalue weighted by Gasteiger charge is 2.21. The number of ether oxygens (including phenoxy) is 1. The number of hydrogen-bond donors (Lipinski definition) is 1. The molecule has 1 fully saturated rings. The quantitative estimate of drug-likeness (QED) is 0.921. The molecule has 0 amide bonds. The topological polar surface area (TPSA) is 37.4 Å². The molecule has 0 spiro atoms. The van der Waals surface area contributed by atoms with Gasteiger partial charge in [-0.25, -0.2) is 4.98 Å². The number of anilines is 1. The summed E-state index contributed by atoms with van der Waals surface area (Å²) in [4.78, 5) is 8.54. The molecule has 2 atom stereocenters. The molecular weight excluding hydrogens is 318 g/mol. The number of fused-ring (bicyclic) bond motifs is 1. The molecule has 3 heterocycles. The van der Waals surface area contributed by atoms with Crippen molar-refractivity contribution in [2.75, 3.05) is 24.6 Å². The summed E-state index contributed by atoms with van der Waals surface area (Å²) in [6, 6.07) is 7.14. The van der Waals surface area contributed by atoms with E-state index in [2.05, 4.69) is 45.7 Å². The predicted octanol–water partition coefficient (Wildman–Crippen LogP) is 3.54. The number of aromatic nitrogens is 1. The van der Waals surface area contributed by atoms with E-state index in [1.165, 1.54) is 30.4 Å². The maximum Gasteiger partial charge on any atom is 0.128 e. The van der Waals surface area contributed by atoms with Gasteiger partial charge in [0.25, 0.3) is 0 Å². The Balaban J connectivity index is 1.36. The Bertz CT molecular complexity index is 670. The Hall–Kier alpha value is -1.43. The van der Waals surface area contributed by atoms with Crippen LogP contribution in [0.5, 0.6) is 0 Å². The van der Waals surface area contributed by atoms with Crippen molar-refractivity contribution in [2.45, 2.75) is 44.9 Å². The average molecular weight is 343 g/mol. The Labute approximate surface area is 147 Å². The zero-order valence-corrected chi connectivity index (χ0v) is 15.0.